The minimum absolute atomic E-state index is 0.00619. The number of aromatic hydroxyl groups is 1. The summed E-state index contributed by atoms with van der Waals surface area (Å²) in [6.07, 6.45) is 19.9. The summed E-state index contributed by atoms with van der Waals surface area (Å²) in [5.74, 6) is 2.72. The fourth-order valence-electron chi connectivity index (χ4n) is 10.6. The molecule has 7 rings (SSSR count). The molecule has 3 aliphatic rings. The van der Waals surface area contributed by atoms with Crippen LogP contribution in [0.5, 0.6) is 11.5 Å². The number of methoxy groups -OCH3 is 1. The fraction of sp³-hybridized carbons (Fsp3) is 0.463. The Bertz CT molecular complexity index is 2200. The molecule has 0 bridgehead atoms. The van der Waals surface area contributed by atoms with E-state index >= 15 is 0 Å². The quantitative estimate of drug-likeness (QED) is 0.0298. The van der Waals surface area contributed by atoms with E-state index in [0.717, 1.165) is 99.7 Å². The molecule has 0 saturated carbocycles. The number of aromatic nitrogens is 1. The van der Waals surface area contributed by atoms with E-state index in [4.69, 9.17) is 10.5 Å². The summed E-state index contributed by atoms with van der Waals surface area (Å²) in [5, 5.41) is 28.1. The van der Waals surface area contributed by atoms with Gasteiger partial charge in [0.2, 0.25) is 0 Å². The van der Waals surface area contributed by atoms with E-state index in [1.54, 1.807) is 30.0 Å². The zero-order valence-electron chi connectivity index (χ0n) is 37.2. The first-order valence-corrected chi connectivity index (χ1v) is 23.5. The lowest BCUT2D eigenvalue weighted by Crippen LogP contribution is -2.52. The number of aliphatic hydroxyl groups is 1. The summed E-state index contributed by atoms with van der Waals surface area (Å²) >= 11 is 0. The molecule has 5 atom stereocenters. The van der Waals surface area contributed by atoms with Gasteiger partial charge in [-0.3, -0.25) is 9.59 Å². The Morgan fingerprint density at radius 2 is 1.70 bits per heavy atom. The third-order valence-electron chi connectivity index (χ3n) is 13.8. The number of aryl methyl sites for hydroxylation is 4. The van der Waals surface area contributed by atoms with E-state index in [1.165, 1.54) is 49.1 Å². The average molecular weight is 853 g/mol. The molecule has 6 N–H and O–H groups in total. The number of piperidine rings is 2. The highest BCUT2D eigenvalue weighted by molar-refractivity contribution is 6.06. The highest BCUT2D eigenvalue weighted by Gasteiger charge is 2.42. The van der Waals surface area contributed by atoms with Crippen LogP contribution in [0.3, 0.4) is 0 Å². The number of rotatable bonds is 22. The number of nitrogen functional groups attached to an aromatic ring is 1. The van der Waals surface area contributed by atoms with Gasteiger partial charge in [-0.25, -0.2) is 4.98 Å². The largest absolute Gasteiger partial charge is 0.504 e. The molecular weight excluding hydrogens is 785 g/mol. The Labute approximate surface area is 374 Å². The molecule has 9 heteroatoms. The summed E-state index contributed by atoms with van der Waals surface area (Å²) in [4.78, 5) is 30.9. The van der Waals surface area contributed by atoms with Crippen molar-refractivity contribution >= 4 is 23.5 Å². The summed E-state index contributed by atoms with van der Waals surface area (Å²) in [6.45, 7) is 3.38. The van der Waals surface area contributed by atoms with Crippen LogP contribution in [-0.2, 0) is 41.7 Å². The van der Waals surface area contributed by atoms with Crippen LogP contribution in [-0.4, -0.2) is 66.2 Å². The first-order chi connectivity index (χ1) is 30.8. The standard InChI is InChI=1S/C54H68N4O5/c1-63-52-32-41(44(31-51(52)62)30-45-36-58-53(55)33-42(45)20-19-40-12-5-11-39(27-40)18-17-37-9-3-2-4-10-37)21-22-48(61)34-47(60)16-6-13-38(14-8-26-59)28-50-49-23-25-56-35-46(49)29-43-15-7-24-57-54(43)50/h2-5,9-12,21-22,27,29,31-33,36,38,46,49-50,54,56-57,59,62H,6-8,13-20,23-26,28,30,34-35H2,1H3,(H2,55,58)/t38-,46+,49+,50-,54-/m1/s1. The van der Waals surface area contributed by atoms with Crippen molar-refractivity contribution in [3.05, 3.63) is 136 Å². The Morgan fingerprint density at radius 1 is 0.921 bits per heavy atom. The summed E-state index contributed by atoms with van der Waals surface area (Å²) < 4.78 is 5.45. The molecule has 0 radical (unpaired) electrons. The van der Waals surface area contributed by atoms with Crippen molar-refractivity contribution in [1.82, 2.24) is 15.6 Å². The van der Waals surface area contributed by atoms with Crippen molar-refractivity contribution in [1.29, 1.82) is 0 Å². The minimum Gasteiger partial charge on any atom is -0.504 e. The lowest BCUT2D eigenvalue weighted by molar-refractivity contribution is -0.124. The van der Waals surface area contributed by atoms with E-state index in [9.17, 15) is 19.8 Å². The Hall–Kier alpha value is -5.09. The van der Waals surface area contributed by atoms with Gasteiger partial charge < -0.3 is 31.3 Å². The Kier molecular flexibility index (Phi) is 16.8. The van der Waals surface area contributed by atoms with E-state index in [0.29, 0.717) is 54.1 Å². The third kappa shape index (κ3) is 13.0. The first kappa shape index (κ1) is 45.9. The van der Waals surface area contributed by atoms with Crippen molar-refractivity contribution in [2.45, 2.75) is 102 Å². The lowest BCUT2D eigenvalue weighted by Gasteiger charge is -2.48. The van der Waals surface area contributed by atoms with Crippen LogP contribution in [0.1, 0.15) is 103 Å². The number of hydrogen-bond donors (Lipinski definition) is 5. The highest BCUT2D eigenvalue weighted by atomic mass is 16.5. The number of nitrogens with two attached hydrogens (primary N) is 1. The van der Waals surface area contributed by atoms with Crippen molar-refractivity contribution < 1.29 is 24.5 Å². The fourth-order valence-corrected chi connectivity index (χ4v) is 10.6. The predicted molar refractivity (Wildman–Crippen MR) is 253 cm³/mol. The van der Waals surface area contributed by atoms with Crippen molar-refractivity contribution in [2.24, 2.45) is 23.7 Å². The number of phenolic OH excluding ortho intramolecular Hbond substituents is 1. The molecule has 0 spiro atoms. The van der Waals surface area contributed by atoms with Gasteiger partial charge in [-0.05, 0) is 177 Å². The number of carbonyl (C=O) groups excluding carboxylic acids is 2. The lowest BCUT2D eigenvalue weighted by atomic mass is 9.63. The second-order valence-electron chi connectivity index (χ2n) is 18.2. The monoisotopic (exact) mass is 853 g/mol. The van der Waals surface area contributed by atoms with E-state index in [2.05, 4.69) is 70.2 Å². The van der Waals surface area contributed by atoms with Crippen LogP contribution in [0.15, 0.2) is 96.7 Å². The van der Waals surface area contributed by atoms with Gasteiger partial charge in [0, 0.05) is 31.8 Å². The molecule has 63 heavy (non-hydrogen) atoms. The van der Waals surface area contributed by atoms with Crippen LogP contribution < -0.4 is 21.1 Å². The molecule has 334 valence electrons. The number of nitrogens with one attached hydrogen (secondary N) is 2. The number of ketones is 2. The number of fused-ring (bicyclic) bond motifs is 2. The number of aliphatic hydroxyl groups excluding tert-OH is 1. The number of carbonyl (C=O) groups is 2. The van der Waals surface area contributed by atoms with Crippen LogP contribution in [0.2, 0.25) is 0 Å². The van der Waals surface area contributed by atoms with Gasteiger partial charge in [-0.2, -0.15) is 0 Å². The molecule has 2 fully saturated rings. The maximum atomic E-state index is 13.3. The second kappa shape index (κ2) is 23.0. The number of allylic oxidation sites excluding steroid dienone is 1. The number of anilines is 1. The maximum absolute atomic E-state index is 13.3. The van der Waals surface area contributed by atoms with Crippen LogP contribution in [0.4, 0.5) is 5.82 Å². The summed E-state index contributed by atoms with van der Waals surface area (Å²) in [7, 11) is 1.50. The van der Waals surface area contributed by atoms with Crippen molar-refractivity contribution in [3.8, 4) is 11.5 Å². The van der Waals surface area contributed by atoms with Crippen LogP contribution in [0, 0.1) is 23.7 Å². The number of Topliss-reactive ketones (excluding diaryl/α,β-unsaturated/α-hetero) is 1. The zero-order chi connectivity index (χ0) is 44.0. The smallest absolute Gasteiger partial charge is 0.163 e. The number of nitrogens with zero attached hydrogens (tertiary/aromatic N) is 1. The van der Waals surface area contributed by atoms with Gasteiger partial charge in [0.1, 0.15) is 11.6 Å². The zero-order valence-corrected chi connectivity index (χ0v) is 37.2. The molecule has 2 aliphatic heterocycles. The molecule has 2 saturated heterocycles. The van der Waals surface area contributed by atoms with Gasteiger partial charge in [0.25, 0.3) is 0 Å². The number of benzene rings is 3. The maximum Gasteiger partial charge on any atom is 0.163 e. The number of ether oxygens (including phenoxy) is 1. The van der Waals surface area contributed by atoms with Gasteiger partial charge in [0.15, 0.2) is 17.3 Å². The SMILES string of the molecule is COc1cc(C=CC(=O)CC(=O)CCC[C@H](CCCO)C[C@@H]2[C@H]3CCNC[C@@H]3C=C3CCCN[C@H]32)c(Cc2cnc(N)cc2CCc2cccc(CCc3ccccc3)c2)cc1O. The number of pyridine rings is 1. The molecule has 1 aliphatic carbocycles. The average Bonchev–Trinajstić information content (AvgIpc) is 3.30. The first-order valence-electron chi connectivity index (χ1n) is 23.5. The van der Waals surface area contributed by atoms with Crippen LogP contribution >= 0.6 is 0 Å². The van der Waals surface area contributed by atoms with Crippen molar-refractivity contribution in [3.63, 3.8) is 0 Å². The molecule has 3 aromatic carbocycles. The van der Waals surface area contributed by atoms with Crippen LogP contribution in [0.25, 0.3) is 6.08 Å². The summed E-state index contributed by atoms with van der Waals surface area (Å²) in [5.41, 5.74) is 15.3. The van der Waals surface area contributed by atoms with Gasteiger partial charge >= 0.3 is 0 Å². The molecule has 9 nitrogen and oxygen atoms in total. The Balaban J connectivity index is 0.955. The molecule has 0 amide bonds. The molecule has 4 aromatic rings. The molecule has 0 unspecified atom stereocenters. The normalized spacial score (nSPS) is 20.1. The second-order valence-corrected chi connectivity index (χ2v) is 18.2. The van der Waals surface area contributed by atoms with Gasteiger partial charge in [0.05, 0.1) is 13.5 Å². The number of phenols is 1. The molecule has 3 heterocycles. The summed E-state index contributed by atoms with van der Waals surface area (Å²) in [6, 6.07) is 25.1. The van der Waals surface area contributed by atoms with E-state index < -0.39 is 0 Å². The Morgan fingerprint density at radius 3 is 2.51 bits per heavy atom. The van der Waals surface area contributed by atoms with E-state index in [1.807, 2.05) is 12.1 Å². The molecular formula is C54H68N4O5. The van der Waals surface area contributed by atoms with E-state index in [-0.39, 0.29) is 30.3 Å². The minimum atomic E-state index is -0.252. The molecule has 1 aromatic heterocycles. The van der Waals surface area contributed by atoms with Gasteiger partial charge in [-0.15, -0.1) is 0 Å². The number of hydrogen-bond acceptors (Lipinski definition) is 9. The topological polar surface area (TPSA) is 147 Å². The van der Waals surface area contributed by atoms with Gasteiger partial charge in [-0.1, -0.05) is 78.7 Å². The van der Waals surface area contributed by atoms with Crippen molar-refractivity contribution in [2.75, 3.05) is 39.1 Å². The predicted octanol–water partition coefficient (Wildman–Crippen LogP) is 8.56. The third-order valence-corrected chi connectivity index (χ3v) is 13.8. The highest BCUT2D eigenvalue weighted by Crippen LogP contribution is 2.44.